The molecule has 8 nitrogen and oxygen atoms in total. The first-order valence-electron chi connectivity index (χ1n) is 11.9. The van der Waals surface area contributed by atoms with Crippen molar-refractivity contribution in [2.75, 3.05) is 19.8 Å². The number of oxime groups is 1. The number of ketones is 3. The van der Waals surface area contributed by atoms with Gasteiger partial charge >= 0.3 is 0 Å². The molecule has 3 unspecified atom stereocenters. The van der Waals surface area contributed by atoms with E-state index < -0.39 is 12.5 Å². The van der Waals surface area contributed by atoms with Gasteiger partial charge in [-0.3, -0.25) is 14.4 Å². The predicted octanol–water partition coefficient (Wildman–Crippen LogP) is 3.08. The number of carbonyl (C=O) groups is 3. The first kappa shape index (κ1) is 27.7. The van der Waals surface area contributed by atoms with Crippen molar-refractivity contribution in [2.24, 2.45) is 28.8 Å². The second-order valence-electron chi connectivity index (χ2n) is 9.69. The van der Waals surface area contributed by atoms with Crippen LogP contribution in [0.3, 0.4) is 0 Å². The molecule has 3 N–H and O–H groups in total. The fourth-order valence-electron chi connectivity index (χ4n) is 4.69. The number of hydrogen-bond acceptors (Lipinski definition) is 8. The molecule has 2 rings (SSSR count). The van der Waals surface area contributed by atoms with Crippen molar-refractivity contribution in [3.63, 3.8) is 0 Å². The van der Waals surface area contributed by atoms with Gasteiger partial charge in [0, 0.05) is 24.5 Å². The number of hydrogen-bond donors (Lipinski definition) is 3. The van der Waals surface area contributed by atoms with E-state index in [9.17, 15) is 29.7 Å². The van der Waals surface area contributed by atoms with Crippen LogP contribution in [0.4, 0.5) is 0 Å². The van der Waals surface area contributed by atoms with Gasteiger partial charge in [-0.05, 0) is 68.6 Å². The first-order chi connectivity index (χ1) is 16.1. The van der Waals surface area contributed by atoms with Gasteiger partial charge in [0.05, 0.1) is 24.3 Å². The minimum atomic E-state index is -0.774. The van der Waals surface area contributed by atoms with E-state index in [1.54, 1.807) is 13.0 Å². The monoisotopic (exact) mass is 475 g/mol. The van der Waals surface area contributed by atoms with Gasteiger partial charge in [-0.15, -0.1) is 0 Å². The number of aliphatic hydroxyl groups is 2. The van der Waals surface area contributed by atoms with Gasteiger partial charge < -0.3 is 20.2 Å². The molecule has 1 aliphatic rings. The number of rotatable bonds is 13. The Labute approximate surface area is 201 Å². The van der Waals surface area contributed by atoms with E-state index in [0.29, 0.717) is 36.6 Å². The number of carbonyl (C=O) groups excluding carboxylic acids is 3. The van der Waals surface area contributed by atoms with Crippen LogP contribution in [0.2, 0.25) is 0 Å². The van der Waals surface area contributed by atoms with Crippen LogP contribution in [0.15, 0.2) is 17.3 Å². The van der Waals surface area contributed by atoms with Gasteiger partial charge in [-0.25, -0.2) is 0 Å². The lowest BCUT2D eigenvalue weighted by molar-refractivity contribution is -0.131. The van der Waals surface area contributed by atoms with Gasteiger partial charge in [0.2, 0.25) is 0 Å². The molecule has 0 amide bonds. The third-order valence-electron chi connectivity index (χ3n) is 6.27. The summed E-state index contributed by atoms with van der Waals surface area (Å²) in [5, 5.41) is 34.0. The maximum Gasteiger partial charge on any atom is 0.167 e. The molecule has 8 heteroatoms. The van der Waals surface area contributed by atoms with Gasteiger partial charge in [-0.1, -0.05) is 19.0 Å². The van der Waals surface area contributed by atoms with Crippen molar-refractivity contribution in [3.8, 4) is 5.75 Å². The van der Waals surface area contributed by atoms with Crippen molar-refractivity contribution in [2.45, 2.75) is 59.8 Å². The molecule has 1 aromatic carbocycles. The van der Waals surface area contributed by atoms with E-state index >= 15 is 0 Å². The van der Waals surface area contributed by atoms with E-state index in [-0.39, 0.29) is 66.4 Å². The van der Waals surface area contributed by atoms with Gasteiger partial charge in [-0.2, -0.15) is 0 Å². The fraction of sp³-hybridized carbons (Fsp3) is 0.615. The first-order valence-corrected chi connectivity index (χ1v) is 11.9. The fourth-order valence-corrected chi connectivity index (χ4v) is 4.69. The summed E-state index contributed by atoms with van der Waals surface area (Å²) in [7, 11) is 0. The number of aromatic hydroxyl groups is 1. The minimum absolute atomic E-state index is 0.0742. The van der Waals surface area contributed by atoms with E-state index in [1.807, 2.05) is 13.8 Å². The van der Waals surface area contributed by atoms with Crippen LogP contribution in [0.5, 0.6) is 5.75 Å². The zero-order valence-corrected chi connectivity index (χ0v) is 20.5. The van der Waals surface area contributed by atoms with Crippen LogP contribution in [0.1, 0.15) is 74.9 Å². The second-order valence-corrected chi connectivity index (χ2v) is 9.69. The summed E-state index contributed by atoms with van der Waals surface area (Å²) in [4.78, 5) is 42.4. The molecule has 0 radical (unpaired) electrons. The zero-order valence-electron chi connectivity index (χ0n) is 20.5. The molecule has 0 bridgehead atoms. The summed E-state index contributed by atoms with van der Waals surface area (Å²) in [5.41, 5.74) is 2.30. The Bertz CT molecular complexity index is 922. The van der Waals surface area contributed by atoms with Crippen LogP contribution in [-0.2, 0) is 20.8 Å². The van der Waals surface area contributed by atoms with E-state index in [2.05, 4.69) is 5.16 Å². The SMILES string of the molecule is CC(=O)CC(=O)C(CO)C(CCO)CC1CC(=O)c2c(O)ccc(C(C)=NOCC(C)C)c2C1. The molecular formula is C26H37NO7. The second kappa shape index (κ2) is 12.8. The number of phenols is 1. The standard InChI is InChI=1S/C26H37NO7/c1-15(2)14-34-27-17(4)20-5-6-23(31)26-21(20)11-18(12-25(26)33)10-19(7-8-28)22(13-29)24(32)9-16(3)30/h5-6,15,18-19,22,28-29,31H,7-14H2,1-4H3. The average molecular weight is 476 g/mol. The van der Waals surface area contributed by atoms with E-state index in [4.69, 9.17) is 4.84 Å². The highest BCUT2D eigenvalue weighted by Crippen LogP contribution is 2.38. The molecule has 0 spiro atoms. The molecule has 0 saturated heterocycles. The molecule has 0 aromatic heterocycles. The van der Waals surface area contributed by atoms with Gasteiger partial charge in [0.25, 0.3) is 0 Å². The number of phenolic OH excluding ortho intramolecular Hbond substituents is 1. The molecule has 188 valence electrons. The Morgan fingerprint density at radius 2 is 1.88 bits per heavy atom. The van der Waals surface area contributed by atoms with Crippen LogP contribution in [0.25, 0.3) is 0 Å². The smallest absolute Gasteiger partial charge is 0.167 e. The van der Waals surface area contributed by atoms with Crippen molar-refractivity contribution in [3.05, 3.63) is 28.8 Å². The number of nitrogens with zero attached hydrogens (tertiary/aromatic N) is 1. The largest absolute Gasteiger partial charge is 0.507 e. The Hall–Kier alpha value is -2.58. The van der Waals surface area contributed by atoms with Crippen molar-refractivity contribution in [1.82, 2.24) is 0 Å². The molecule has 1 aliphatic carbocycles. The number of fused-ring (bicyclic) bond motifs is 1. The number of benzene rings is 1. The maximum absolute atomic E-state index is 13.0. The lowest BCUT2D eigenvalue weighted by atomic mass is 9.72. The summed E-state index contributed by atoms with van der Waals surface area (Å²) in [6.07, 6.45) is 1.11. The van der Waals surface area contributed by atoms with Crippen LogP contribution in [-0.4, -0.2) is 58.2 Å². The summed E-state index contributed by atoms with van der Waals surface area (Å²) in [6, 6.07) is 3.21. The highest BCUT2D eigenvalue weighted by molar-refractivity contribution is 6.07. The highest BCUT2D eigenvalue weighted by atomic mass is 16.6. The average Bonchev–Trinajstić information content (AvgIpc) is 2.73. The molecule has 0 fully saturated rings. The predicted molar refractivity (Wildman–Crippen MR) is 128 cm³/mol. The Morgan fingerprint density at radius 3 is 2.47 bits per heavy atom. The molecule has 1 aromatic rings. The molecule has 0 saturated carbocycles. The summed E-state index contributed by atoms with van der Waals surface area (Å²) < 4.78 is 0. The Balaban J connectivity index is 2.32. The number of aliphatic hydroxyl groups excluding tert-OH is 2. The van der Waals surface area contributed by atoms with Crippen molar-refractivity contribution < 1.29 is 34.5 Å². The van der Waals surface area contributed by atoms with Crippen LogP contribution in [0, 0.1) is 23.7 Å². The summed E-state index contributed by atoms with van der Waals surface area (Å²) in [6.45, 7) is 7.01. The van der Waals surface area contributed by atoms with Gasteiger partial charge in [0.15, 0.2) is 5.78 Å². The molecule has 3 atom stereocenters. The maximum atomic E-state index is 13.0. The third kappa shape index (κ3) is 7.21. The molecule has 0 heterocycles. The Morgan fingerprint density at radius 1 is 1.18 bits per heavy atom. The lowest BCUT2D eigenvalue weighted by Crippen LogP contribution is -2.32. The molecule has 34 heavy (non-hydrogen) atoms. The lowest BCUT2D eigenvalue weighted by Gasteiger charge is -2.31. The minimum Gasteiger partial charge on any atom is -0.507 e. The van der Waals surface area contributed by atoms with Crippen molar-refractivity contribution >= 4 is 23.1 Å². The van der Waals surface area contributed by atoms with E-state index in [0.717, 1.165) is 5.56 Å². The van der Waals surface area contributed by atoms with Gasteiger partial charge in [0.1, 0.15) is 23.9 Å². The molecule has 0 aliphatic heterocycles. The van der Waals surface area contributed by atoms with Crippen LogP contribution < -0.4 is 0 Å². The normalized spacial score (nSPS) is 17.9. The van der Waals surface area contributed by atoms with Crippen LogP contribution >= 0.6 is 0 Å². The quantitative estimate of drug-likeness (QED) is 0.227. The summed E-state index contributed by atoms with van der Waals surface area (Å²) >= 11 is 0. The highest BCUT2D eigenvalue weighted by Gasteiger charge is 2.35. The Kier molecular flexibility index (Phi) is 10.4. The number of Topliss-reactive ketones (excluding diaryl/α,β-unsaturated/α-hetero) is 3. The van der Waals surface area contributed by atoms with Crippen molar-refractivity contribution in [1.29, 1.82) is 0 Å². The van der Waals surface area contributed by atoms with E-state index in [1.165, 1.54) is 13.0 Å². The third-order valence-corrected chi connectivity index (χ3v) is 6.27. The topological polar surface area (TPSA) is 133 Å². The zero-order chi connectivity index (χ0) is 25.4. The summed E-state index contributed by atoms with van der Waals surface area (Å²) in [5.74, 6) is -1.88. The molecular weight excluding hydrogens is 438 g/mol.